The Morgan fingerprint density at radius 1 is 1.07 bits per heavy atom. The molecule has 1 fully saturated rings. The van der Waals surface area contributed by atoms with Crippen molar-refractivity contribution in [1.82, 2.24) is 10.2 Å². The standard InChI is InChI=1S/C22H20Cl2N2O2/c23-18-10-17(11-19(24)12-18)21-14-26(8-9-28-21)22(27)25-13-16-6-3-5-15-4-1-2-7-20(15)16/h1-7,10-12,21H,8-9,13-14H2,(H,25,27). The summed E-state index contributed by atoms with van der Waals surface area (Å²) in [6, 6.07) is 19.5. The highest BCUT2D eigenvalue weighted by Crippen LogP contribution is 2.28. The van der Waals surface area contributed by atoms with E-state index in [1.165, 1.54) is 5.39 Å². The number of benzene rings is 3. The molecule has 1 atom stereocenters. The topological polar surface area (TPSA) is 41.6 Å². The van der Waals surface area contributed by atoms with Crippen LogP contribution in [0.4, 0.5) is 4.79 Å². The van der Waals surface area contributed by atoms with E-state index in [-0.39, 0.29) is 12.1 Å². The molecule has 0 aliphatic carbocycles. The molecule has 144 valence electrons. The largest absolute Gasteiger partial charge is 0.370 e. The van der Waals surface area contributed by atoms with Crippen LogP contribution in [-0.2, 0) is 11.3 Å². The summed E-state index contributed by atoms with van der Waals surface area (Å²) in [5.41, 5.74) is 1.97. The first-order chi connectivity index (χ1) is 13.6. The molecule has 3 aromatic rings. The van der Waals surface area contributed by atoms with Crippen LogP contribution in [0.25, 0.3) is 10.8 Å². The lowest BCUT2D eigenvalue weighted by atomic mass is 10.0. The van der Waals surface area contributed by atoms with Crippen molar-refractivity contribution in [3.63, 3.8) is 0 Å². The number of urea groups is 1. The van der Waals surface area contributed by atoms with Gasteiger partial charge in [-0.2, -0.15) is 0 Å². The third kappa shape index (κ3) is 4.25. The lowest BCUT2D eigenvalue weighted by Crippen LogP contribution is -2.47. The van der Waals surface area contributed by atoms with Crippen molar-refractivity contribution in [3.8, 4) is 0 Å². The number of hydrogen-bond donors (Lipinski definition) is 1. The van der Waals surface area contributed by atoms with Crippen molar-refractivity contribution in [2.75, 3.05) is 19.7 Å². The number of halogens is 2. The van der Waals surface area contributed by atoms with E-state index < -0.39 is 0 Å². The fourth-order valence-corrected chi connectivity index (χ4v) is 4.07. The Bertz CT molecular complexity index is 983. The molecule has 0 radical (unpaired) electrons. The van der Waals surface area contributed by atoms with Gasteiger partial charge in [0.05, 0.1) is 13.2 Å². The number of morpholine rings is 1. The summed E-state index contributed by atoms with van der Waals surface area (Å²) < 4.78 is 5.84. The Kier molecular flexibility index (Phi) is 5.72. The van der Waals surface area contributed by atoms with Gasteiger partial charge in [-0.15, -0.1) is 0 Å². The number of carbonyl (C=O) groups is 1. The lowest BCUT2D eigenvalue weighted by molar-refractivity contribution is -0.0154. The summed E-state index contributed by atoms with van der Waals surface area (Å²) in [7, 11) is 0. The van der Waals surface area contributed by atoms with E-state index >= 15 is 0 Å². The molecule has 0 aromatic heterocycles. The van der Waals surface area contributed by atoms with Crippen molar-refractivity contribution >= 4 is 40.0 Å². The molecule has 1 unspecified atom stereocenters. The molecular formula is C22H20Cl2N2O2. The Morgan fingerprint density at radius 2 is 1.82 bits per heavy atom. The first-order valence-corrected chi connectivity index (χ1v) is 9.93. The zero-order valence-corrected chi connectivity index (χ0v) is 16.7. The molecule has 1 heterocycles. The van der Waals surface area contributed by atoms with Crippen LogP contribution in [0.2, 0.25) is 10.0 Å². The predicted octanol–water partition coefficient (Wildman–Crippen LogP) is 5.43. The SMILES string of the molecule is O=C(NCc1cccc2ccccc12)N1CCOC(c2cc(Cl)cc(Cl)c2)C1. The van der Waals surface area contributed by atoms with Crippen LogP contribution in [0.3, 0.4) is 0 Å². The summed E-state index contributed by atoms with van der Waals surface area (Å²) in [5, 5.41) is 6.47. The van der Waals surface area contributed by atoms with Crippen LogP contribution in [0, 0.1) is 0 Å². The maximum atomic E-state index is 12.7. The molecule has 0 spiro atoms. The normalized spacial score (nSPS) is 16.9. The fourth-order valence-electron chi connectivity index (χ4n) is 3.53. The summed E-state index contributed by atoms with van der Waals surface area (Å²) in [4.78, 5) is 14.5. The fraction of sp³-hybridized carbons (Fsp3) is 0.227. The average molecular weight is 415 g/mol. The van der Waals surface area contributed by atoms with Crippen LogP contribution in [0.1, 0.15) is 17.2 Å². The Balaban J connectivity index is 1.43. The minimum atomic E-state index is -0.242. The second-order valence-electron chi connectivity index (χ2n) is 6.81. The van der Waals surface area contributed by atoms with Crippen LogP contribution >= 0.6 is 23.2 Å². The van der Waals surface area contributed by atoms with E-state index in [4.69, 9.17) is 27.9 Å². The summed E-state index contributed by atoms with van der Waals surface area (Å²) in [6.07, 6.45) is -0.242. The molecule has 1 saturated heterocycles. The van der Waals surface area contributed by atoms with Crippen molar-refractivity contribution in [1.29, 1.82) is 0 Å². The van der Waals surface area contributed by atoms with Gasteiger partial charge in [0.1, 0.15) is 6.10 Å². The third-order valence-corrected chi connectivity index (χ3v) is 5.36. The first kappa shape index (κ1) is 19.1. The predicted molar refractivity (Wildman–Crippen MR) is 113 cm³/mol. The highest BCUT2D eigenvalue weighted by molar-refractivity contribution is 6.34. The van der Waals surface area contributed by atoms with Gasteiger partial charge in [0.25, 0.3) is 0 Å². The van der Waals surface area contributed by atoms with Crippen LogP contribution in [0.15, 0.2) is 60.7 Å². The monoisotopic (exact) mass is 414 g/mol. The van der Waals surface area contributed by atoms with Gasteiger partial charge in [-0.3, -0.25) is 0 Å². The molecule has 6 heteroatoms. The molecule has 0 bridgehead atoms. The summed E-state index contributed by atoms with van der Waals surface area (Å²) in [5.74, 6) is 0. The van der Waals surface area contributed by atoms with E-state index in [0.29, 0.717) is 36.3 Å². The lowest BCUT2D eigenvalue weighted by Gasteiger charge is -2.33. The highest BCUT2D eigenvalue weighted by Gasteiger charge is 2.25. The molecule has 1 N–H and O–H groups in total. The molecule has 2 amide bonds. The van der Waals surface area contributed by atoms with Crippen LogP contribution in [-0.4, -0.2) is 30.6 Å². The maximum Gasteiger partial charge on any atom is 0.317 e. The van der Waals surface area contributed by atoms with E-state index in [1.807, 2.05) is 36.4 Å². The quantitative estimate of drug-likeness (QED) is 0.620. The van der Waals surface area contributed by atoms with Gasteiger partial charge in [-0.1, -0.05) is 65.7 Å². The minimum absolute atomic E-state index is 0.102. The Morgan fingerprint density at radius 3 is 2.64 bits per heavy atom. The van der Waals surface area contributed by atoms with Gasteiger partial charge in [-0.05, 0) is 40.1 Å². The number of nitrogens with zero attached hydrogens (tertiary/aromatic N) is 1. The van der Waals surface area contributed by atoms with E-state index in [1.54, 1.807) is 11.0 Å². The molecule has 1 aliphatic heterocycles. The number of fused-ring (bicyclic) bond motifs is 1. The van der Waals surface area contributed by atoms with Crippen molar-refractivity contribution < 1.29 is 9.53 Å². The molecule has 3 aromatic carbocycles. The Labute approximate surface area is 174 Å². The van der Waals surface area contributed by atoms with E-state index in [2.05, 4.69) is 23.5 Å². The Hall–Kier alpha value is -2.27. The summed E-state index contributed by atoms with van der Waals surface area (Å²) in [6.45, 7) is 1.95. The van der Waals surface area contributed by atoms with Crippen LogP contribution < -0.4 is 5.32 Å². The minimum Gasteiger partial charge on any atom is -0.370 e. The number of hydrogen-bond acceptors (Lipinski definition) is 2. The van der Waals surface area contributed by atoms with E-state index in [0.717, 1.165) is 16.5 Å². The zero-order chi connectivity index (χ0) is 19.5. The van der Waals surface area contributed by atoms with Gasteiger partial charge in [0, 0.05) is 23.1 Å². The van der Waals surface area contributed by atoms with Gasteiger partial charge < -0.3 is 15.0 Å². The molecular weight excluding hydrogens is 395 g/mol. The highest BCUT2D eigenvalue weighted by atomic mass is 35.5. The van der Waals surface area contributed by atoms with E-state index in [9.17, 15) is 4.79 Å². The number of amides is 2. The van der Waals surface area contributed by atoms with Crippen LogP contribution in [0.5, 0.6) is 0 Å². The average Bonchev–Trinajstić information content (AvgIpc) is 2.71. The second-order valence-corrected chi connectivity index (χ2v) is 7.68. The van der Waals surface area contributed by atoms with Gasteiger partial charge in [-0.25, -0.2) is 4.79 Å². The number of ether oxygens (including phenoxy) is 1. The third-order valence-electron chi connectivity index (χ3n) is 4.92. The molecule has 4 rings (SSSR count). The van der Waals surface area contributed by atoms with Crippen molar-refractivity contribution in [2.24, 2.45) is 0 Å². The zero-order valence-electron chi connectivity index (χ0n) is 15.2. The maximum absolute atomic E-state index is 12.7. The molecule has 28 heavy (non-hydrogen) atoms. The second kappa shape index (κ2) is 8.39. The van der Waals surface area contributed by atoms with Crippen molar-refractivity contribution in [3.05, 3.63) is 81.8 Å². The molecule has 4 nitrogen and oxygen atoms in total. The first-order valence-electron chi connectivity index (χ1n) is 9.17. The van der Waals surface area contributed by atoms with Gasteiger partial charge in [0.15, 0.2) is 0 Å². The van der Waals surface area contributed by atoms with Gasteiger partial charge in [0.2, 0.25) is 0 Å². The smallest absolute Gasteiger partial charge is 0.317 e. The number of carbonyl (C=O) groups excluding carboxylic acids is 1. The molecule has 1 aliphatic rings. The van der Waals surface area contributed by atoms with Gasteiger partial charge >= 0.3 is 6.03 Å². The van der Waals surface area contributed by atoms with Crippen molar-refractivity contribution in [2.45, 2.75) is 12.6 Å². The molecule has 0 saturated carbocycles. The number of rotatable bonds is 3. The number of nitrogens with one attached hydrogen (secondary N) is 1. The summed E-state index contributed by atoms with van der Waals surface area (Å²) >= 11 is 12.2.